The number of hydrogen-bond acceptors (Lipinski definition) is 4. The molecule has 0 saturated carbocycles. The van der Waals surface area contributed by atoms with E-state index in [1.807, 2.05) is 6.07 Å². The molecule has 0 aliphatic heterocycles. The molecule has 8 heteroatoms. The molecule has 21 heavy (non-hydrogen) atoms. The van der Waals surface area contributed by atoms with E-state index in [0.717, 1.165) is 6.07 Å². The largest absolute Gasteiger partial charge is 0.480 e. The van der Waals surface area contributed by atoms with Crippen LogP contribution in [0.25, 0.3) is 0 Å². The summed E-state index contributed by atoms with van der Waals surface area (Å²) in [6, 6.07) is 4.33. The molecule has 0 heterocycles. The molecule has 0 spiro atoms. The number of rotatable bonds is 6. The second-order valence-electron chi connectivity index (χ2n) is 4.90. The Bertz CT molecular complexity index is 680. The summed E-state index contributed by atoms with van der Waals surface area (Å²) in [5.41, 5.74) is 0.121. The number of nitrogens with one attached hydrogen (secondary N) is 1. The van der Waals surface area contributed by atoms with Gasteiger partial charge < -0.3 is 5.11 Å². The Hall–Kier alpha value is -1.62. The number of nitrogens with zero attached hydrogens (tertiary/aromatic N) is 1. The average Bonchev–Trinajstić information content (AvgIpc) is 2.37. The highest BCUT2D eigenvalue weighted by Gasteiger charge is 2.27. The van der Waals surface area contributed by atoms with E-state index < -0.39 is 22.0 Å². The van der Waals surface area contributed by atoms with Crippen LogP contribution in [0.15, 0.2) is 23.1 Å². The van der Waals surface area contributed by atoms with Crippen molar-refractivity contribution >= 4 is 27.6 Å². The van der Waals surface area contributed by atoms with Crippen LogP contribution in [0.4, 0.5) is 0 Å². The van der Waals surface area contributed by atoms with Crippen LogP contribution in [0.3, 0.4) is 0 Å². The Kier molecular flexibility index (Phi) is 5.72. The van der Waals surface area contributed by atoms with Crippen molar-refractivity contribution in [3.8, 4) is 6.07 Å². The lowest BCUT2D eigenvalue weighted by Crippen LogP contribution is -2.41. The number of halogens is 1. The van der Waals surface area contributed by atoms with E-state index >= 15 is 0 Å². The number of sulfonamides is 1. The van der Waals surface area contributed by atoms with Gasteiger partial charge >= 0.3 is 5.97 Å². The first kappa shape index (κ1) is 17.4. The van der Waals surface area contributed by atoms with Crippen LogP contribution in [0, 0.1) is 17.2 Å². The average molecular weight is 331 g/mol. The predicted molar refractivity (Wildman–Crippen MR) is 77.4 cm³/mol. The Balaban J connectivity index is 3.16. The van der Waals surface area contributed by atoms with Gasteiger partial charge in [0.1, 0.15) is 10.9 Å². The summed E-state index contributed by atoms with van der Waals surface area (Å²) >= 11 is 5.83. The molecule has 114 valence electrons. The maximum Gasteiger partial charge on any atom is 0.321 e. The first-order valence-electron chi connectivity index (χ1n) is 6.12. The molecule has 1 rings (SSSR count). The number of carboxylic acids is 1. The SMILES string of the molecule is CC(C)CC(NS(=O)(=O)c1cc(C#N)ccc1Cl)C(=O)O. The van der Waals surface area contributed by atoms with Crippen molar-refractivity contribution in [2.45, 2.75) is 31.2 Å². The van der Waals surface area contributed by atoms with Crippen molar-refractivity contribution in [2.24, 2.45) is 5.92 Å². The number of benzene rings is 1. The Morgan fingerprint density at radius 1 is 1.48 bits per heavy atom. The number of carbonyl (C=O) groups is 1. The maximum absolute atomic E-state index is 12.2. The molecule has 1 atom stereocenters. The second-order valence-corrected chi connectivity index (χ2v) is 6.99. The molecule has 0 aromatic heterocycles. The lowest BCUT2D eigenvalue weighted by atomic mass is 10.1. The first-order chi connectivity index (χ1) is 9.67. The van der Waals surface area contributed by atoms with E-state index in [0.29, 0.717) is 0 Å². The zero-order chi connectivity index (χ0) is 16.2. The van der Waals surface area contributed by atoms with Crippen LogP contribution in [0.1, 0.15) is 25.8 Å². The Morgan fingerprint density at radius 2 is 2.10 bits per heavy atom. The van der Waals surface area contributed by atoms with E-state index in [2.05, 4.69) is 4.72 Å². The van der Waals surface area contributed by atoms with Crippen molar-refractivity contribution < 1.29 is 18.3 Å². The maximum atomic E-state index is 12.2. The lowest BCUT2D eigenvalue weighted by molar-refractivity contribution is -0.139. The van der Waals surface area contributed by atoms with Gasteiger partial charge in [-0.2, -0.15) is 9.98 Å². The molecule has 0 bridgehead atoms. The molecule has 1 aromatic rings. The van der Waals surface area contributed by atoms with Crippen molar-refractivity contribution in [1.29, 1.82) is 5.26 Å². The van der Waals surface area contributed by atoms with Crippen molar-refractivity contribution in [3.63, 3.8) is 0 Å². The Morgan fingerprint density at radius 3 is 2.57 bits per heavy atom. The van der Waals surface area contributed by atoms with Crippen LogP contribution in [-0.2, 0) is 14.8 Å². The van der Waals surface area contributed by atoms with E-state index in [-0.39, 0.29) is 27.8 Å². The van der Waals surface area contributed by atoms with Crippen LogP contribution in [0.2, 0.25) is 5.02 Å². The second kappa shape index (κ2) is 6.89. The third-order valence-electron chi connectivity index (χ3n) is 2.65. The normalized spacial score (nSPS) is 12.9. The van der Waals surface area contributed by atoms with E-state index in [4.69, 9.17) is 22.0 Å². The van der Waals surface area contributed by atoms with Crippen molar-refractivity contribution in [1.82, 2.24) is 4.72 Å². The fraction of sp³-hybridized carbons (Fsp3) is 0.385. The fourth-order valence-electron chi connectivity index (χ4n) is 1.70. The molecule has 0 saturated heterocycles. The summed E-state index contributed by atoms with van der Waals surface area (Å²) < 4.78 is 26.6. The minimum absolute atomic E-state index is 0.00489. The van der Waals surface area contributed by atoms with Gasteiger partial charge in [0.05, 0.1) is 16.7 Å². The topological polar surface area (TPSA) is 107 Å². The minimum Gasteiger partial charge on any atom is -0.480 e. The monoisotopic (exact) mass is 330 g/mol. The smallest absolute Gasteiger partial charge is 0.321 e. The predicted octanol–water partition coefficient (Wildman–Crippen LogP) is 1.99. The van der Waals surface area contributed by atoms with Crippen LogP contribution in [0.5, 0.6) is 0 Å². The van der Waals surface area contributed by atoms with E-state index in [1.54, 1.807) is 13.8 Å². The van der Waals surface area contributed by atoms with Crippen molar-refractivity contribution in [2.75, 3.05) is 0 Å². The van der Waals surface area contributed by atoms with Gasteiger partial charge in [-0.25, -0.2) is 8.42 Å². The Labute approximate surface area is 128 Å². The van der Waals surface area contributed by atoms with Crippen LogP contribution >= 0.6 is 11.6 Å². The highest BCUT2D eigenvalue weighted by atomic mass is 35.5. The van der Waals surface area contributed by atoms with E-state index in [9.17, 15) is 13.2 Å². The summed E-state index contributed by atoms with van der Waals surface area (Å²) in [4.78, 5) is 10.8. The molecule has 0 amide bonds. The molecular formula is C13H15ClN2O4S. The molecule has 6 nitrogen and oxygen atoms in total. The molecule has 2 N–H and O–H groups in total. The molecule has 0 aliphatic rings. The van der Waals surface area contributed by atoms with Crippen LogP contribution in [-0.4, -0.2) is 25.5 Å². The zero-order valence-electron chi connectivity index (χ0n) is 11.5. The van der Waals surface area contributed by atoms with Crippen molar-refractivity contribution in [3.05, 3.63) is 28.8 Å². The molecule has 0 radical (unpaired) electrons. The van der Waals surface area contributed by atoms with Gasteiger partial charge in [-0.05, 0) is 30.5 Å². The highest BCUT2D eigenvalue weighted by Crippen LogP contribution is 2.23. The van der Waals surface area contributed by atoms with E-state index in [1.165, 1.54) is 12.1 Å². The fourth-order valence-corrected chi connectivity index (χ4v) is 3.43. The summed E-state index contributed by atoms with van der Waals surface area (Å²) in [5, 5.41) is 17.8. The van der Waals surface area contributed by atoms with Gasteiger partial charge in [0.2, 0.25) is 10.0 Å². The summed E-state index contributed by atoms with van der Waals surface area (Å²) in [7, 11) is -4.13. The molecule has 0 aliphatic carbocycles. The highest BCUT2D eigenvalue weighted by molar-refractivity contribution is 7.89. The molecule has 1 unspecified atom stereocenters. The summed E-state index contributed by atoms with van der Waals surface area (Å²) in [6.07, 6.45) is 0.143. The lowest BCUT2D eigenvalue weighted by Gasteiger charge is -2.17. The molecule has 1 aromatic carbocycles. The number of nitriles is 1. The minimum atomic E-state index is -4.13. The third kappa shape index (κ3) is 4.70. The molecular weight excluding hydrogens is 316 g/mol. The quantitative estimate of drug-likeness (QED) is 0.829. The van der Waals surface area contributed by atoms with Gasteiger partial charge in [-0.3, -0.25) is 4.79 Å². The molecule has 0 fully saturated rings. The van der Waals surface area contributed by atoms with Gasteiger partial charge in [0, 0.05) is 0 Å². The number of aliphatic carboxylic acids is 1. The van der Waals surface area contributed by atoms with Gasteiger partial charge in [0.25, 0.3) is 0 Å². The third-order valence-corrected chi connectivity index (χ3v) is 4.61. The summed E-state index contributed by atoms with van der Waals surface area (Å²) in [5.74, 6) is -1.27. The summed E-state index contributed by atoms with van der Waals surface area (Å²) in [6.45, 7) is 3.57. The zero-order valence-corrected chi connectivity index (χ0v) is 13.1. The van der Waals surface area contributed by atoms with Gasteiger partial charge in [-0.1, -0.05) is 25.4 Å². The standard InChI is InChI=1S/C13H15ClN2O4S/c1-8(2)5-11(13(17)18)16-21(19,20)12-6-9(7-15)3-4-10(12)14/h3-4,6,8,11,16H,5H2,1-2H3,(H,17,18). The van der Waals surface area contributed by atoms with Gasteiger partial charge in [-0.15, -0.1) is 0 Å². The number of hydrogen-bond donors (Lipinski definition) is 2. The number of carboxylic acid groups (broad SMARTS) is 1. The first-order valence-corrected chi connectivity index (χ1v) is 7.98. The van der Waals surface area contributed by atoms with Gasteiger partial charge in [0.15, 0.2) is 0 Å². The van der Waals surface area contributed by atoms with Crippen LogP contribution < -0.4 is 4.72 Å².